The summed E-state index contributed by atoms with van der Waals surface area (Å²) in [6.07, 6.45) is -1.52. The van der Waals surface area contributed by atoms with Gasteiger partial charge >= 0.3 is 17.2 Å². The Morgan fingerprint density at radius 3 is 2.30 bits per heavy atom. The van der Waals surface area contributed by atoms with E-state index in [0.29, 0.717) is 0 Å². The van der Waals surface area contributed by atoms with E-state index >= 15 is 0 Å². The molecule has 134 valence electrons. The highest BCUT2D eigenvalue weighted by Gasteiger charge is 2.36. The van der Waals surface area contributed by atoms with E-state index in [1.807, 2.05) is 0 Å². The zero-order chi connectivity index (χ0) is 18.1. The van der Waals surface area contributed by atoms with Gasteiger partial charge in [0, 0.05) is 18.6 Å². The first-order valence-electron chi connectivity index (χ1n) is 6.36. The van der Waals surface area contributed by atoms with Crippen LogP contribution < -0.4 is 0 Å². The molecule has 11 heteroatoms. The third kappa shape index (κ3) is 9.21. The van der Waals surface area contributed by atoms with Gasteiger partial charge in [-0.05, 0) is 13.3 Å². The molecular weight excluding hydrogens is 342 g/mol. The second-order valence-corrected chi connectivity index (χ2v) is 5.89. The van der Waals surface area contributed by atoms with E-state index in [1.54, 1.807) is 0 Å². The number of halogens is 2. The molecule has 0 heterocycles. The summed E-state index contributed by atoms with van der Waals surface area (Å²) in [4.78, 5) is 22.1. The van der Waals surface area contributed by atoms with Gasteiger partial charge in [-0.1, -0.05) is 6.58 Å². The predicted molar refractivity (Wildman–Crippen MR) is 71.4 cm³/mol. The molecular formula is C12H17F2O8S-. The van der Waals surface area contributed by atoms with Crippen LogP contribution in [0.5, 0.6) is 0 Å². The standard InChI is InChI=1S/C12H18F2O8S/c1-9(2)11(16)22-8-10(15)21-7-6-20-5-3-4-12(13,14)23(17,18)19/h1,3-8H2,2H3,(H,17,18,19)/p-1. The summed E-state index contributed by atoms with van der Waals surface area (Å²) in [5.41, 5.74) is 0.123. The zero-order valence-corrected chi connectivity index (χ0v) is 13.2. The summed E-state index contributed by atoms with van der Waals surface area (Å²) < 4.78 is 70.0. The minimum Gasteiger partial charge on any atom is -0.743 e. The lowest BCUT2D eigenvalue weighted by Crippen LogP contribution is -2.28. The first-order chi connectivity index (χ1) is 10.5. The number of carbonyl (C=O) groups excluding carboxylic acids is 2. The number of carbonyl (C=O) groups is 2. The molecule has 0 fully saturated rings. The van der Waals surface area contributed by atoms with E-state index < -0.39 is 40.3 Å². The monoisotopic (exact) mass is 359 g/mol. The summed E-state index contributed by atoms with van der Waals surface area (Å²) in [7, 11) is -5.69. The van der Waals surface area contributed by atoms with E-state index in [-0.39, 0.29) is 31.8 Å². The van der Waals surface area contributed by atoms with Crippen LogP contribution in [0, 0.1) is 0 Å². The first-order valence-corrected chi connectivity index (χ1v) is 7.77. The summed E-state index contributed by atoms with van der Waals surface area (Å²) in [5, 5.41) is -4.34. The minimum atomic E-state index is -5.69. The molecule has 0 amide bonds. The van der Waals surface area contributed by atoms with Crippen LogP contribution in [0.15, 0.2) is 12.2 Å². The SMILES string of the molecule is C=C(C)C(=O)OCC(=O)OCCOCCCC(F)(F)S(=O)(=O)[O-]. The third-order valence-corrected chi connectivity index (χ3v) is 3.22. The number of hydrogen-bond donors (Lipinski definition) is 0. The molecule has 0 saturated carbocycles. The van der Waals surface area contributed by atoms with Crippen LogP contribution in [0.4, 0.5) is 8.78 Å². The first kappa shape index (κ1) is 21.4. The molecule has 0 aliphatic heterocycles. The van der Waals surface area contributed by atoms with Gasteiger partial charge in [-0.15, -0.1) is 0 Å². The van der Waals surface area contributed by atoms with Crippen molar-refractivity contribution < 1.29 is 45.6 Å². The molecule has 0 N–H and O–H groups in total. The van der Waals surface area contributed by atoms with Crippen molar-refractivity contribution in [2.45, 2.75) is 25.0 Å². The molecule has 0 radical (unpaired) electrons. The van der Waals surface area contributed by atoms with Crippen LogP contribution in [0.25, 0.3) is 0 Å². The number of ether oxygens (including phenoxy) is 3. The van der Waals surface area contributed by atoms with Gasteiger partial charge in [-0.25, -0.2) is 18.0 Å². The van der Waals surface area contributed by atoms with Gasteiger partial charge in [0.2, 0.25) is 0 Å². The van der Waals surface area contributed by atoms with E-state index in [2.05, 4.69) is 16.1 Å². The zero-order valence-electron chi connectivity index (χ0n) is 12.4. The van der Waals surface area contributed by atoms with E-state index in [9.17, 15) is 31.3 Å². The predicted octanol–water partition coefficient (Wildman–Crippen LogP) is 0.584. The maximum Gasteiger partial charge on any atom is 0.344 e. The van der Waals surface area contributed by atoms with E-state index in [0.717, 1.165) is 0 Å². The molecule has 23 heavy (non-hydrogen) atoms. The highest BCUT2D eigenvalue weighted by molar-refractivity contribution is 7.86. The number of alkyl halides is 2. The molecule has 0 rings (SSSR count). The summed E-state index contributed by atoms with van der Waals surface area (Å²) in [5.74, 6) is -1.57. The second kappa shape index (κ2) is 9.53. The Hall–Kier alpha value is -1.59. The molecule has 0 atom stereocenters. The van der Waals surface area contributed by atoms with Crippen molar-refractivity contribution in [3.05, 3.63) is 12.2 Å². The van der Waals surface area contributed by atoms with Gasteiger partial charge in [0.1, 0.15) is 6.61 Å². The van der Waals surface area contributed by atoms with Crippen LogP contribution in [-0.4, -0.2) is 56.6 Å². The Morgan fingerprint density at radius 1 is 1.17 bits per heavy atom. The average Bonchev–Trinajstić information content (AvgIpc) is 2.42. The fourth-order valence-electron chi connectivity index (χ4n) is 1.11. The molecule has 0 aromatic heterocycles. The number of esters is 2. The maximum atomic E-state index is 12.7. The van der Waals surface area contributed by atoms with Gasteiger partial charge in [0.15, 0.2) is 16.7 Å². The lowest BCUT2D eigenvalue weighted by Gasteiger charge is -2.19. The molecule has 0 aliphatic rings. The Balaban J connectivity index is 3.69. The quantitative estimate of drug-likeness (QED) is 0.227. The van der Waals surface area contributed by atoms with Crippen molar-refractivity contribution in [2.75, 3.05) is 26.4 Å². The topological polar surface area (TPSA) is 119 Å². The molecule has 8 nitrogen and oxygen atoms in total. The van der Waals surface area contributed by atoms with Gasteiger partial charge < -0.3 is 18.8 Å². The normalized spacial score (nSPS) is 11.8. The van der Waals surface area contributed by atoms with Crippen molar-refractivity contribution in [3.8, 4) is 0 Å². The van der Waals surface area contributed by atoms with Crippen LogP contribution in [-0.2, 0) is 33.9 Å². The van der Waals surface area contributed by atoms with Crippen LogP contribution >= 0.6 is 0 Å². The summed E-state index contributed by atoms with van der Waals surface area (Å²) in [6.45, 7) is 3.54. The van der Waals surface area contributed by atoms with Crippen molar-refractivity contribution in [3.63, 3.8) is 0 Å². The highest BCUT2D eigenvalue weighted by atomic mass is 32.2. The highest BCUT2D eigenvalue weighted by Crippen LogP contribution is 2.25. The number of hydrogen-bond acceptors (Lipinski definition) is 8. The molecule has 0 spiro atoms. The van der Waals surface area contributed by atoms with Crippen molar-refractivity contribution >= 4 is 22.1 Å². The van der Waals surface area contributed by atoms with Gasteiger partial charge in [0.25, 0.3) is 0 Å². The van der Waals surface area contributed by atoms with Gasteiger partial charge in [0.05, 0.1) is 6.61 Å². The number of rotatable bonds is 11. The van der Waals surface area contributed by atoms with E-state index in [1.165, 1.54) is 6.92 Å². The molecule has 0 bridgehead atoms. The van der Waals surface area contributed by atoms with Gasteiger partial charge in [-0.3, -0.25) is 0 Å². The third-order valence-electron chi connectivity index (χ3n) is 2.28. The Labute approximate surface area is 132 Å². The van der Waals surface area contributed by atoms with Crippen molar-refractivity contribution in [1.82, 2.24) is 0 Å². The Morgan fingerprint density at radius 2 is 1.78 bits per heavy atom. The van der Waals surface area contributed by atoms with Crippen LogP contribution in [0.1, 0.15) is 19.8 Å². The van der Waals surface area contributed by atoms with Crippen LogP contribution in [0.3, 0.4) is 0 Å². The lowest BCUT2D eigenvalue weighted by molar-refractivity contribution is -0.157. The Kier molecular flexibility index (Phi) is 8.87. The molecule has 0 aromatic carbocycles. The fourth-order valence-corrected chi connectivity index (χ4v) is 1.51. The fraction of sp³-hybridized carbons (Fsp3) is 0.667. The van der Waals surface area contributed by atoms with E-state index in [4.69, 9.17) is 4.74 Å². The molecule has 0 saturated heterocycles. The maximum absolute atomic E-state index is 12.7. The summed E-state index contributed by atoms with van der Waals surface area (Å²) in [6, 6.07) is 0. The minimum absolute atomic E-state index is 0.123. The van der Waals surface area contributed by atoms with Crippen molar-refractivity contribution in [2.24, 2.45) is 0 Å². The smallest absolute Gasteiger partial charge is 0.344 e. The van der Waals surface area contributed by atoms with Crippen molar-refractivity contribution in [1.29, 1.82) is 0 Å². The molecule has 0 aromatic rings. The van der Waals surface area contributed by atoms with Crippen LogP contribution in [0.2, 0.25) is 0 Å². The average molecular weight is 359 g/mol. The second-order valence-electron chi connectivity index (χ2n) is 4.38. The van der Waals surface area contributed by atoms with Gasteiger partial charge in [-0.2, -0.15) is 8.78 Å². The lowest BCUT2D eigenvalue weighted by atomic mass is 10.3. The summed E-state index contributed by atoms with van der Waals surface area (Å²) >= 11 is 0. The molecule has 0 unspecified atom stereocenters. The Bertz CT molecular complexity index is 529. The largest absolute Gasteiger partial charge is 0.743 e. The molecule has 0 aliphatic carbocycles.